The molecule has 162 valence electrons. The Labute approximate surface area is 191 Å². The summed E-state index contributed by atoms with van der Waals surface area (Å²) in [7, 11) is -3.81. The molecule has 0 amide bonds. The molecule has 3 heterocycles. The van der Waals surface area contributed by atoms with E-state index in [-0.39, 0.29) is 8.47 Å². The van der Waals surface area contributed by atoms with Gasteiger partial charge in [-0.25, -0.2) is 17.8 Å². The van der Waals surface area contributed by atoms with Crippen molar-refractivity contribution >= 4 is 44.1 Å². The molecular formula is C21H26FIN4O2S. The van der Waals surface area contributed by atoms with Crippen molar-refractivity contribution in [3.05, 3.63) is 45.4 Å². The Balaban J connectivity index is 1.47. The molecule has 1 aromatic carbocycles. The Morgan fingerprint density at radius 3 is 2.67 bits per heavy atom. The molecule has 30 heavy (non-hydrogen) atoms. The highest BCUT2D eigenvalue weighted by Gasteiger charge is 2.33. The number of nitrogens with zero attached hydrogens (tertiary/aromatic N) is 3. The number of pyridine rings is 1. The molecule has 2 aromatic rings. The van der Waals surface area contributed by atoms with Gasteiger partial charge in [-0.2, -0.15) is 0 Å². The number of benzene rings is 1. The summed E-state index contributed by atoms with van der Waals surface area (Å²) >= 11 is 1.78. The van der Waals surface area contributed by atoms with Crippen LogP contribution in [-0.2, 0) is 10.0 Å². The van der Waals surface area contributed by atoms with Gasteiger partial charge in [0, 0.05) is 25.2 Å². The van der Waals surface area contributed by atoms with Gasteiger partial charge in [0.15, 0.2) is 0 Å². The lowest BCUT2D eigenvalue weighted by Crippen LogP contribution is -2.39. The second-order valence-electron chi connectivity index (χ2n) is 8.10. The van der Waals surface area contributed by atoms with E-state index in [9.17, 15) is 12.8 Å². The van der Waals surface area contributed by atoms with Crippen molar-refractivity contribution in [1.82, 2.24) is 9.88 Å². The van der Waals surface area contributed by atoms with Crippen molar-refractivity contribution in [1.29, 1.82) is 0 Å². The highest BCUT2D eigenvalue weighted by molar-refractivity contribution is 14.1. The average Bonchev–Trinajstić information content (AvgIpc) is 3.34. The standard InChI is InChI=1S/C21H26FIN4O2S/c1-14-4-3-10-27(14)16-9-11-26(13-16)21-8-7-20(15(2)24-21)25-30(28,29)17-5-6-18(22)19(23)12-17/h5-8,12,14,16,25H,3-4,9-11,13H2,1-2H3/t14-,16-/m0/s1. The Bertz CT molecular complexity index is 1050. The summed E-state index contributed by atoms with van der Waals surface area (Å²) in [5.74, 6) is 0.435. The zero-order valence-corrected chi connectivity index (χ0v) is 20.1. The van der Waals surface area contributed by atoms with Crippen molar-refractivity contribution in [3.63, 3.8) is 0 Å². The molecule has 4 rings (SSSR count). The maximum absolute atomic E-state index is 13.5. The van der Waals surface area contributed by atoms with Crippen LogP contribution in [0.2, 0.25) is 0 Å². The molecule has 0 saturated carbocycles. The van der Waals surface area contributed by atoms with Crippen LogP contribution in [0, 0.1) is 16.3 Å². The molecule has 2 atom stereocenters. The first-order chi connectivity index (χ1) is 14.2. The Morgan fingerprint density at radius 2 is 2.00 bits per heavy atom. The fourth-order valence-electron chi connectivity index (χ4n) is 4.40. The fraction of sp³-hybridized carbons (Fsp3) is 0.476. The first-order valence-corrected chi connectivity index (χ1v) is 12.8. The summed E-state index contributed by atoms with van der Waals surface area (Å²) in [6.45, 7) is 7.19. The van der Waals surface area contributed by atoms with Crippen molar-refractivity contribution in [2.24, 2.45) is 0 Å². The van der Waals surface area contributed by atoms with Crippen molar-refractivity contribution in [2.75, 3.05) is 29.3 Å². The molecule has 1 aromatic heterocycles. The minimum atomic E-state index is -3.81. The van der Waals surface area contributed by atoms with E-state index < -0.39 is 15.8 Å². The summed E-state index contributed by atoms with van der Waals surface area (Å²) in [6, 6.07) is 8.58. The average molecular weight is 544 g/mol. The minimum Gasteiger partial charge on any atom is -0.355 e. The van der Waals surface area contributed by atoms with Crippen LogP contribution in [0.5, 0.6) is 0 Å². The monoisotopic (exact) mass is 544 g/mol. The van der Waals surface area contributed by atoms with Crippen LogP contribution >= 0.6 is 22.6 Å². The van der Waals surface area contributed by atoms with Gasteiger partial charge in [-0.1, -0.05) is 0 Å². The predicted octanol–water partition coefficient (Wildman–Crippen LogP) is 4.00. The summed E-state index contributed by atoms with van der Waals surface area (Å²) < 4.78 is 41.7. The highest BCUT2D eigenvalue weighted by atomic mass is 127. The largest absolute Gasteiger partial charge is 0.355 e. The van der Waals surface area contributed by atoms with E-state index in [0.29, 0.717) is 23.5 Å². The number of rotatable bonds is 5. The topological polar surface area (TPSA) is 65.5 Å². The van der Waals surface area contributed by atoms with Crippen molar-refractivity contribution in [2.45, 2.75) is 50.1 Å². The van der Waals surface area contributed by atoms with Crippen LogP contribution in [0.3, 0.4) is 0 Å². The molecule has 2 fully saturated rings. The quantitative estimate of drug-likeness (QED) is 0.577. The molecule has 0 bridgehead atoms. The van der Waals surface area contributed by atoms with E-state index >= 15 is 0 Å². The molecule has 1 N–H and O–H groups in total. The lowest BCUT2D eigenvalue weighted by Gasteiger charge is -2.28. The van der Waals surface area contributed by atoms with E-state index in [0.717, 1.165) is 31.4 Å². The van der Waals surface area contributed by atoms with Gasteiger partial charge in [0.25, 0.3) is 10.0 Å². The number of hydrogen-bond acceptors (Lipinski definition) is 5. The number of sulfonamides is 1. The van der Waals surface area contributed by atoms with Gasteiger partial charge in [-0.3, -0.25) is 9.62 Å². The molecule has 0 unspecified atom stereocenters. The van der Waals surface area contributed by atoms with Gasteiger partial charge in [-0.15, -0.1) is 0 Å². The van der Waals surface area contributed by atoms with Crippen LogP contribution in [0.1, 0.15) is 31.9 Å². The zero-order chi connectivity index (χ0) is 21.5. The number of likely N-dealkylation sites (tertiary alicyclic amines) is 1. The number of hydrogen-bond donors (Lipinski definition) is 1. The smallest absolute Gasteiger partial charge is 0.261 e. The summed E-state index contributed by atoms with van der Waals surface area (Å²) in [5.41, 5.74) is 1.05. The SMILES string of the molecule is Cc1nc(N2CC[C@H](N3CCC[C@@H]3C)C2)ccc1NS(=O)(=O)c1ccc(F)c(I)c1. The molecule has 2 aliphatic heterocycles. The number of aromatic nitrogens is 1. The predicted molar refractivity (Wildman–Crippen MR) is 125 cm³/mol. The Morgan fingerprint density at radius 1 is 1.20 bits per heavy atom. The zero-order valence-electron chi connectivity index (χ0n) is 17.1. The second kappa shape index (κ2) is 8.58. The number of anilines is 2. The third-order valence-corrected chi connectivity index (χ3v) is 8.27. The minimum absolute atomic E-state index is 0.0268. The van der Waals surface area contributed by atoms with Crippen LogP contribution in [0.15, 0.2) is 35.2 Å². The number of aryl methyl sites for hydroxylation is 1. The molecule has 0 radical (unpaired) electrons. The third-order valence-electron chi connectivity index (χ3n) is 6.08. The normalized spacial score (nSPS) is 22.6. The van der Waals surface area contributed by atoms with Gasteiger partial charge >= 0.3 is 0 Å². The van der Waals surface area contributed by atoms with E-state index in [2.05, 4.69) is 26.4 Å². The summed E-state index contributed by atoms with van der Waals surface area (Å²) in [5, 5.41) is 0. The van der Waals surface area contributed by atoms with Crippen molar-refractivity contribution in [3.8, 4) is 0 Å². The molecule has 2 aliphatic rings. The third kappa shape index (κ3) is 4.43. The van der Waals surface area contributed by atoms with Gasteiger partial charge in [0.1, 0.15) is 11.6 Å². The fourth-order valence-corrected chi connectivity index (χ4v) is 6.27. The van der Waals surface area contributed by atoms with E-state index in [1.54, 1.807) is 35.6 Å². The van der Waals surface area contributed by atoms with Gasteiger partial charge < -0.3 is 4.90 Å². The molecule has 6 nitrogen and oxygen atoms in total. The van der Waals surface area contributed by atoms with Gasteiger partial charge in [0.05, 0.1) is 19.8 Å². The first-order valence-electron chi connectivity index (χ1n) is 10.2. The van der Waals surface area contributed by atoms with E-state index in [1.807, 2.05) is 6.07 Å². The molecule has 2 saturated heterocycles. The van der Waals surface area contributed by atoms with Gasteiger partial charge in [-0.05, 0) is 92.6 Å². The van der Waals surface area contributed by atoms with E-state index in [4.69, 9.17) is 0 Å². The van der Waals surface area contributed by atoms with Crippen LogP contribution in [0.4, 0.5) is 15.9 Å². The number of nitrogens with one attached hydrogen (secondary N) is 1. The van der Waals surface area contributed by atoms with Crippen LogP contribution in [0.25, 0.3) is 0 Å². The maximum atomic E-state index is 13.5. The molecule has 9 heteroatoms. The second-order valence-corrected chi connectivity index (χ2v) is 10.9. The van der Waals surface area contributed by atoms with E-state index in [1.165, 1.54) is 31.5 Å². The lowest BCUT2D eigenvalue weighted by atomic mass is 10.2. The lowest BCUT2D eigenvalue weighted by molar-refractivity contribution is 0.204. The molecule has 0 spiro atoms. The molecular weight excluding hydrogens is 518 g/mol. The molecule has 0 aliphatic carbocycles. The highest BCUT2D eigenvalue weighted by Crippen LogP contribution is 2.29. The van der Waals surface area contributed by atoms with Gasteiger partial charge in [0.2, 0.25) is 0 Å². The number of halogens is 2. The first kappa shape index (κ1) is 21.8. The Kier molecular flexibility index (Phi) is 6.23. The summed E-state index contributed by atoms with van der Waals surface area (Å²) in [6.07, 6.45) is 3.68. The Hall–Kier alpha value is -1.46. The van der Waals surface area contributed by atoms with Crippen molar-refractivity contribution < 1.29 is 12.8 Å². The van der Waals surface area contributed by atoms with Crippen LogP contribution in [-0.4, -0.2) is 50.0 Å². The van der Waals surface area contributed by atoms with Crippen LogP contribution < -0.4 is 9.62 Å². The maximum Gasteiger partial charge on any atom is 0.261 e. The summed E-state index contributed by atoms with van der Waals surface area (Å²) in [4.78, 5) is 9.58.